The van der Waals surface area contributed by atoms with Crippen LogP contribution in [0.4, 0.5) is 0 Å². The number of allylic oxidation sites excluding steroid dienone is 1. The van der Waals surface area contributed by atoms with Crippen molar-refractivity contribution in [2.45, 2.75) is 20.4 Å². The van der Waals surface area contributed by atoms with E-state index in [1.165, 1.54) is 11.1 Å². The van der Waals surface area contributed by atoms with Crippen molar-refractivity contribution in [1.82, 2.24) is 5.32 Å². The highest BCUT2D eigenvalue weighted by molar-refractivity contribution is 7.80. The van der Waals surface area contributed by atoms with E-state index in [4.69, 9.17) is 12.2 Å². The zero-order valence-electron chi connectivity index (χ0n) is 8.58. The summed E-state index contributed by atoms with van der Waals surface area (Å²) in [5.41, 5.74) is 2.47. The summed E-state index contributed by atoms with van der Waals surface area (Å²) in [6, 6.07) is 10.2. The van der Waals surface area contributed by atoms with Crippen molar-refractivity contribution in [2.75, 3.05) is 0 Å². The zero-order chi connectivity index (χ0) is 10.4. The van der Waals surface area contributed by atoms with E-state index in [9.17, 15) is 0 Å². The first-order valence-electron chi connectivity index (χ1n) is 4.65. The normalized spacial score (nSPS) is 9.29. The van der Waals surface area contributed by atoms with Crippen molar-refractivity contribution in [3.8, 4) is 0 Å². The fourth-order valence-electron chi connectivity index (χ4n) is 1.10. The molecule has 1 N–H and O–H groups in total. The number of rotatable bonds is 3. The first kappa shape index (κ1) is 10.9. The Hall–Kier alpha value is -1.15. The lowest BCUT2D eigenvalue weighted by Gasteiger charge is -2.04. The summed E-state index contributed by atoms with van der Waals surface area (Å²) < 4.78 is 0. The smallest absolute Gasteiger partial charge is 0.0989 e. The van der Waals surface area contributed by atoms with Crippen molar-refractivity contribution < 1.29 is 0 Å². The average Bonchev–Trinajstić information content (AvgIpc) is 2.15. The molecule has 2 heteroatoms. The third-order valence-electron chi connectivity index (χ3n) is 1.73. The molecule has 0 aromatic heterocycles. The Morgan fingerprint density at radius 3 is 2.50 bits per heavy atom. The first-order valence-corrected chi connectivity index (χ1v) is 5.06. The molecule has 1 rings (SSSR count). The van der Waals surface area contributed by atoms with Crippen LogP contribution in [0.15, 0.2) is 42.0 Å². The highest BCUT2D eigenvalue weighted by Crippen LogP contribution is 1.98. The predicted octanol–water partition coefficient (Wildman–Crippen LogP) is 3.07. The number of thiocarbonyl (C=S) groups is 1. The summed E-state index contributed by atoms with van der Waals surface area (Å²) in [5, 5.41) is 3.19. The van der Waals surface area contributed by atoms with Gasteiger partial charge in [-0.05, 0) is 25.5 Å². The third kappa shape index (κ3) is 4.19. The minimum Gasteiger partial charge on any atom is -0.372 e. The lowest BCUT2D eigenvalue weighted by atomic mass is 10.2. The molecule has 0 aliphatic heterocycles. The van der Waals surface area contributed by atoms with Gasteiger partial charge in [0.25, 0.3) is 0 Å². The van der Waals surface area contributed by atoms with Crippen LogP contribution < -0.4 is 5.32 Å². The van der Waals surface area contributed by atoms with Gasteiger partial charge in [0, 0.05) is 6.54 Å². The van der Waals surface area contributed by atoms with Gasteiger partial charge in [0.1, 0.15) is 0 Å². The van der Waals surface area contributed by atoms with Crippen molar-refractivity contribution in [1.29, 1.82) is 0 Å². The minimum absolute atomic E-state index is 0.795. The number of hydrogen-bond acceptors (Lipinski definition) is 1. The van der Waals surface area contributed by atoms with Gasteiger partial charge in [-0.25, -0.2) is 0 Å². The summed E-state index contributed by atoms with van der Waals surface area (Å²) >= 11 is 5.14. The SMILES string of the molecule is CC(C)=CC(=S)NCc1ccccc1. The molecule has 0 radical (unpaired) electrons. The van der Waals surface area contributed by atoms with Gasteiger partial charge in [0.05, 0.1) is 4.99 Å². The lowest BCUT2D eigenvalue weighted by molar-refractivity contribution is 0.931. The van der Waals surface area contributed by atoms with Crippen LogP contribution in [-0.4, -0.2) is 4.99 Å². The summed E-state index contributed by atoms with van der Waals surface area (Å²) in [6.07, 6.45) is 1.97. The molecule has 14 heavy (non-hydrogen) atoms. The fourth-order valence-corrected chi connectivity index (χ4v) is 1.41. The first-order chi connectivity index (χ1) is 6.68. The molecule has 0 fully saturated rings. The maximum Gasteiger partial charge on any atom is 0.0989 e. The Labute approximate surface area is 90.8 Å². The second-order valence-corrected chi connectivity index (χ2v) is 3.86. The van der Waals surface area contributed by atoms with Gasteiger partial charge in [-0.3, -0.25) is 0 Å². The molecule has 1 nitrogen and oxygen atoms in total. The van der Waals surface area contributed by atoms with Gasteiger partial charge in [0.15, 0.2) is 0 Å². The Balaban J connectivity index is 2.42. The summed E-state index contributed by atoms with van der Waals surface area (Å²) in [7, 11) is 0. The summed E-state index contributed by atoms with van der Waals surface area (Å²) in [5.74, 6) is 0. The Bertz CT molecular complexity index is 323. The van der Waals surface area contributed by atoms with Crippen LogP contribution >= 0.6 is 12.2 Å². The van der Waals surface area contributed by atoms with Gasteiger partial charge >= 0.3 is 0 Å². The van der Waals surface area contributed by atoms with Crippen LogP contribution in [-0.2, 0) is 6.54 Å². The standard InChI is InChI=1S/C12H15NS/c1-10(2)8-12(14)13-9-11-6-4-3-5-7-11/h3-8H,9H2,1-2H3,(H,13,14). The van der Waals surface area contributed by atoms with Crippen LogP contribution in [0.3, 0.4) is 0 Å². The van der Waals surface area contributed by atoms with Gasteiger partial charge in [-0.2, -0.15) is 0 Å². The molecule has 0 unspecified atom stereocenters. The maximum absolute atomic E-state index is 5.14. The summed E-state index contributed by atoms with van der Waals surface area (Å²) in [4.78, 5) is 0.800. The van der Waals surface area contributed by atoms with E-state index in [-0.39, 0.29) is 0 Å². The van der Waals surface area contributed by atoms with Crippen LogP contribution in [0.5, 0.6) is 0 Å². The number of nitrogens with one attached hydrogen (secondary N) is 1. The van der Waals surface area contributed by atoms with Gasteiger partial charge < -0.3 is 5.32 Å². The molecule has 0 aliphatic rings. The molecule has 1 aromatic carbocycles. The predicted molar refractivity (Wildman–Crippen MR) is 65.3 cm³/mol. The quantitative estimate of drug-likeness (QED) is 0.601. The van der Waals surface area contributed by atoms with Crippen LogP contribution in [0.1, 0.15) is 19.4 Å². The summed E-state index contributed by atoms with van der Waals surface area (Å²) in [6.45, 7) is 4.87. The van der Waals surface area contributed by atoms with Gasteiger partial charge in [-0.15, -0.1) is 0 Å². The van der Waals surface area contributed by atoms with Gasteiger partial charge in [-0.1, -0.05) is 48.1 Å². The molecule has 0 saturated carbocycles. The highest BCUT2D eigenvalue weighted by atomic mass is 32.1. The molecular weight excluding hydrogens is 190 g/mol. The molecule has 0 heterocycles. The van der Waals surface area contributed by atoms with Crippen molar-refractivity contribution in [3.05, 3.63) is 47.5 Å². The molecule has 0 amide bonds. The van der Waals surface area contributed by atoms with Gasteiger partial charge in [0.2, 0.25) is 0 Å². The topological polar surface area (TPSA) is 12.0 Å². The lowest BCUT2D eigenvalue weighted by Crippen LogP contribution is -2.18. The zero-order valence-corrected chi connectivity index (χ0v) is 9.40. The van der Waals surface area contributed by atoms with Crippen LogP contribution in [0.25, 0.3) is 0 Å². The van der Waals surface area contributed by atoms with Crippen molar-refractivity contribution in [2.24, 2.45) is 0 Å². The number of benzene rings is 1. The highest BCUT2D eigenvalue weighted by Gasteiger charge is 1.92. The Kier molecular flexibility index (Phi) is 4.33. The van der Waals surface area contributed by atoms with Crippen molar-refractivity contribution >= 4 is 17.2 Å². The largest absolute Gasteiger partial charge is 0.372 e. The van der Waals surface area contributed by atoms with E-state index in [0.717, 1.165) is 11.5 Å². The third-order valence-corrected chi connectivity index (χ3v) is 1.99. The van der Waals surface area contributed by atoms with Crippen LogP contribution in [0, 0.1) is 0 Å². The molecule has 0 aliphatic carbocycles. The van der Waals surface area contributed by atoms with E-state index in [2.05, 4.69) is 17.4 Å². The van der Waals surface area contributed by atoms with E-state index in [1.807, 2.05) is 38.1 Å². The molecule has 0 atom stereocenters. The number of hydrogen-bond donors (Lipinski definition) is 1. The van der Waals surface area contributed by atoms with Crippen LogP contribution in [0.2, 0.25) is 0 Å². The van der Waals surface area contributed by atoms with Crippen molar-refractivity contribution in [3.63, 3.8) is 0 Å². The Morgan fingerprint density at radius 2 is 1.93 bits per heavy atom. The molecule has 0 spiro atoms. The van der Waals surface area contributed by atoms with E-state index in [0.29, 0.717) is 0 Å². The molecule has 74 valence electrons. The van der Waals surface area contributed by atoms with E-state index >= 15 is 0 Å². The maximum atomic E-state index is 5.14. The Morgan fingerprint density at radius 1 is 1.29 bits per heavy atom. The second kappa shape index (κ2) is 5.55. The monoisotopic (exact) mass is 205 g/mol. The average molecular weight is 205 g/mol. The molecule has 0 bridgehead atoms. The van der Waals surface area contributed by atoms with E-state index < -0.39 is 0 Å². The minimum atomic E-state index is 0.795. The molecule has 1 aromatic rings. The fraction of sp³-hybridized carbons (Fsp3) is 0.250. The van der Waals surface area contributed by atoms with E-state index in [1.54, 1.807) is 0 Å². The molecular formula is C12H15NS. The second-order valence-electron chi connectivity index (χ2n) is 3.43. The molecule has 0 saturated heterocycles.